The Kier molecular flexibility index (Phi) is 5.94. The third-order valence-electron chi connectivity index (χ3n) is 5.08. The van der Waals surface area contributed by atoms with Crippen molar-refractivity contribution in [1.29, 1.82) is 0 Å². The van der Waals surface area contributed by atoms with Gasteiger partial charge in [0.2, 0.25) is 5.91 Å². The van der Waals surface area contributed by atoms with Crippen LogP contribution in [0.15, 0.2) is 24.3 Å². The first-order chi connectivity index (χ1) is 10.9. The van der Waals surface area contributed by atoms with Gasteiger partial charge in [-0.3, -0.25) is 4.79 Å². The lowest BCUT2D eigenvalue weighted by atomic mass is 9.87. The van der Waals surface area contributed by atoms with Gasteiger partial charge < -0.3 is 10.2 Å². The third-order valence-corrected chi connectivity index (χ3v) is 6.02. The van der Waals surface area contributed by atoms with Gasteiger partial charge >= 0.3 is 0 Å². The number of likely N-dealkylation sites (tertiary alicyclic amines) is 1. The van der Waals surface area contributed by atoms with E-state index in [1.54, 1.807) is 0 Å². The molecule has 1 amide bonds. The molecule has 7 heteroatoms. The standard InChI is InChI=1S/C17H24N2O3S.ClH/c1-12-5-3-4-6-14(12)17-15-10-18-9-13(15)11-19(17)16(20)7-8-23(2,21)22;/h3-6,13,15,17-18H,7-11H2,1-2H3;1H/t13-,15-,17-;/m0./s1. The van der Waals surface area contributed by atoms with Crippen molar-refractivity contribution in [1.82, 2.24) is 10.2 Å². The summed E-state index contributed by atoms with van der Waals surface area (Å²) >= 11 is 0. The van der Waals surface area contributed by atoms with Crippen LogP contribution in [0, 0.1) is 18.8 Å². The zero-order chi connectivity index (χ0) is 16.6. The first-order valence-corrected chi connectivity index (χ1v) is 10.2. The van der Waals surface area contributed by atoms with Crippen LogP contribution in [-0.2, 0) is 14.6 Å². The number of amides is 1. The average Bonchev–Trinajstić information content (AvgIpc) is 3.05. The third kappa shape index (κ3) is 3.92. The minimum atomic E-state index is -3.12. The number of benzene rings is 1. The van der Waals surface area contributed by atoms with Crippen LogP contribution in [0.1, 0.15) is 23.6 Å². The molecule has 2 aliphatic heterocycles. The first kappa shape index (κ1) is 19.2. The molecule has 1 aromatic rings. The lowest BCUT2D eigenvalue weighted by Crippen LogP contribution is -2.35. The van der Waals surface area contributed by atoms with E-state index in [0.717, 1.165) is 19.6 Å². The highest BCUT2D eigenvalue weighted by Gasteiger charge is 2.46. The quantitative estimate of drug-likeness (QED) is 0.871. The number of hydrogen-bond donors (Lipinski definition) is 1. The Morgan fingerprint density at radius 2 is 2.00 bits per heavy atom. The number of carbonyl (C=O) groups excluding carboxylic acids is 1. The van der Waals surface area contributed by atoms with Crippen LogP contribution in [0.4, 0.5) is 0 Å². The summed E-state index contributed by atoms with van der Waals surface area (Å²) in [6.07, 6.45) is 1.26. The van der Waals surface area contributed by atoms with Crippen LogP contribution in [0.2, 0.25) is 0 Å². The largest absolute Gasteiger partial charge is 0.335 e. The molecule has 24 heavy (non-hydrogen) atoms. The molecule has 5 nitrogen and oxygen atoms in total. The Morgan fingerprint density at radius 1 is 1.29 bits per heavy atom. The highest BCUT2D eigenvalue weighted by molar-refractivity contribution is 7.90. The maximum Gasteiger partial charge on any atom is 0.224 e. The van der Waals surface area contributed by atoms with E-state index in [9.17, 15) is 13.2 Å². The fourth-order valence-electron chi connectivity index (χ4n) is 3.91. The van der Waals surface area contributed by atoms with E-state index in [4.69, 9.17) is 0 Å². The monoisotopic (exact) mass is 372 g/mol. The molecule has 1 N–H and O–H groups in total. The Labute approximate surface area is 150 Å². The molecule has 0 aliphatic carbocycles. The minimum Gasteiger partial charge on any atom is -0.335 e. The van der Waals surface area contributed by atoms with E-state index in [2.05, 4.69) is 24.4 Å². The molecule has 2 fully saturated rings. The van der Waals surface area contributed by atoms with E-state index < -0.39 is 9.84 Å². The van der Waals surface area contributed by atoms with Crippen LogP contribution < -0.4 is 5.32 Å². The minimum absolute atomic E-state index is 0. The number of halogens is 1. The molecule has 0 spiro atoms. The van der Waals surface area contributed by atoms with Crippen molar-refractivity contribution in [3.05, 3.63) is 35.4 Å². The van der Waals surface area contributed by atoms with E-state index in [-0.39, 0.29) is 36.5 Å². The van der Waals surface area contributed by atoms with Gasteiger partial charge in [0.05, 0.1) is 11.8 Å². The molecule has 0 aromatic heterocycles. The summed E-state index contributed by atoms with van der Waals surface area (Å²) in [5.41, 5.74) is 2.38. The van der Waals surface area contributed by atoms with Crippen LogP contribution >= 0.6 is 12.4 Å². The molecule has 0 saturated carbocycles. The number of aryl methyl sites for hydroxylation is 1. The van der Waals surface area contributed by atoms with Gasteiger partial charge in [-0.1, -0.05) is 24.3 Å². The van der Waals surface area contributed by atoms with Crippen LogP contribution in [0.5, 0.6) is 0 Å². The second-order valence-corrected chi connectivity index (χ2v) is 9.07. The smallest absolute Gasteiger partial charge is 0.224 e. The van der Waals surface area contributed by atoms with E-state index in [1.807, 2.05) is 17.0 Å². The molecule has 0 unspecified atom stereocenters. The predicted molar refractivity (Wildman–Crippen MR) is 97.1 cm³/mol. The van der Waals surface area contributed by atoms with Crippen LogP contribution in [0.25, 0.3) is 0 Å². The highest BCUT2D eigenvalue weighted by atomic mass is 35.5. The second kappa shape index (κ2) is 7.42. The predicted octanol–water partition coefficient (Wildman–Crippen LogP) is 1.57. The lowest BCUT2D eigenvalue weighted by Gasteiger charge is -2.29. The number of rotatable bonds is 4. The molecule has 134 valence electrons. The maximum absolute atomic E-state index is 12.7. The molecular formula is C17H25ClN2O3S. The fraction of sp³-hybridized carbons (Fsp3) is 0.588. The molecule has 0 bridgehead atoms. The Hall–Kier alpha value is -1.11. The summed E-state index contributed by atoms with van der Waals surface area (Å²) in [5.74, 6) is 0.759. The van der Waals surface area contributed by atoms with Gasteiger partial charge in [-0.2, -0.15) is 0 Å². The van der Waals surface area contributed by atoms with E-state index in [0.29, 0.717) is 11.8 Å². The van der Waals surface area contributed by atoms with Gasteiger partial charge in [-0.25, -0.2) is 8.42 Å². The zero-order valence-electron chi connectivity index (χ0n) is 14.1. The SMILES string of the molecule is Cc1ccccc1[C@H]1[C@H]2CNC[C@H]2CN1C(=O)CCS(C)(=O)=O.Cl. The fourth-order valence-corrected chi connectivity index (χ4v) is 4.46. The highest BCUT2D eigenvalue weighted by Crippen LogP contribution is 2.43. The Morgan fingerprint density at radius 3 is 2.67 bits per heavy atom. The molecule has 3 rings (SSSR count). The molecule has 2 aliphatic rings. The van der Waals surface area contributed by atoms with Gasteiger partial charge in [-0.05, 0) is 24.0 Å². The van der Waals surface area contributed by atoms with Gasteiger partial charge in [0.1, 0.15) is 9.84 Å². The molecular weight excluding hydrogens is 348 g/mol. The van der Waals surface area contributed by atoms with E-state index in [1.165, 1.54) is 17.4 Å². The molecule has 1 aromatic carbocycles. The Balaban J connectivity index is 0.00000208. The van der Waals surface area contributed by atoms with Crippen molar-refractivity contribution in [2.75, 3.05) is 31.6 Å². The average molecular weight is 373 g/mol. The molecule has 3 atom stereocenters. The van der Waals surface area contributed by atoms with Gasteiger partial charge in [0, 0.05) is 38.2 Å². The molecule has 0 radical (unpaired) electrons. The van der Waals surface area contributed by atoms with Gasteiger partial charge in [0.25, 0.3) is 0 Å². The Bertz CT molecular complexity index is 708. The van der Waals surface area contributed by atoms with Gasteiger partial charge in [-0.15, -0.1) is 12.4 Å². The summed E-state index contributed by atoms with van der Waals surface area (Å²) in [6, 6.07) is 8.25. The van der Waals surface area contributed by atoms with E-state index >= 15 is 0 Å². The number of carbonyl (C=O) groups is 1. The summed E-state index contributed by atoms with van der Waals surface area (Å²) in [4.78, 5) is 14.6. The second-order valence-electron chi connectivity index (χ2n) is 6.81. The topological polar surface area (TPSA) is 66.5 Å². The number of sulfone groups is 1. The number of nitrogens with one attached hydrogen (secondary N) is 1. The lowest BCUT2D eigenvalue weighted by molar-refractivity contribution is -0.132. The summed E-state index contributed by atoms with van der Waals surface area (Å²) in [6.45, 7) is 4.64. The normalized spacial score (nSPS) is 26.1. The van der Waals surface area contributed by atoms with Crippen molar-refractivity contribution in [2.24, 2.45) is 11.8 Å². The first-order valence-electron chi connectivity index (χ1n) is 8.10. The molecule has 2 heterocycles. The van der Waals surface area contributed by atoms with Crippen molar-refractivity contribution < 1.29 is 13.2 Å². The van der Waals surface area contributed by atoms with Crippen LogP contribution in [0.3, 0.4) is 0 Å². The maximum atomic E-state index is 12.7. The summed E-state index contributed by atoms with van der Waals surface area (Å²) < 4.78 is 22.7. The summed E-state index contributed by atoms with van der Waals surface area (Å²) in [7, 11) is -3.12. The van der Waals surface area contributed by atoms with Gasteiger partial charge in [0.15, 0.2) is 0 Å². The van der Waals surface area contributed by atoms with Crippen LogP contribution in [-0.4, -0.2) is 50.9 Å². The van der Waals surface area contributed by atoms with Crippen molar-refractivity contribution in [2.45, 2.75) is 19.4 Å². The van der Waals surface area contributed by atoms with Crippen molar-refractivity contribution >= 4 is 28.2 Å². The number of nitrogens with zero attached hydrogens (tertiary/aromatic N) is 1. The number of hydrogen-bond acceptors (Lipinski definition) is 4. The van der Waals surface area contributed by atoms with Crippen molar-refractivity contribution in [3.8, 4) is 0 Å². The summed E-state index contributed by atoms with van der Waals surface area (Å²) in [5, 5.41) is 3.43. The molecule has 2 saturated heterocycles. The zero-order valence-corrected chi connectivity index (χ0v) is 15.7. The number of fused-ring (bicyclic) bond motifs is 1. The van der Waals surface area contributed by atoms with Crippen molar-refractivity contribution in [3.63, 3.8) is 0 Å².